The number of carbonyl (C=O) groups excluding carboxylic acids is 3. The monoisotopic (exact) mass is 429 g/mol. The number of benzene rings is 1. The van der Waals surface area contributed by atoms with Gasteiger partial charge in [-0.25, -0.2) is 9.59 Å². The zero-order chi connectivity index (χ0) is 23.0. The summed E-state index contributed by atoms with van der Waals surface area (Å²) in [6, 6.07) is 6.37. The molecule has 31 heavy (non-hydrogen) atoms. The molecule has 1 aliphatic heterocycles. The lowest BCUT2D eigenvalue weighted by atomic mass is 9.94. The smallest absolute Gasteiger partial charge is 0.337 e. The second-order valence-electron chi connectivity index (χ2n) is 7.89. The molecule has 0 spiro atoms. The SMILES string of the molecule is CCCCC(CC)C(=O)Nc1cccc(C2NC(=O)N(CCC)C(C)=C2C(=O)OC)c1. The van der Waals surface area contributed by atoms with E-state index in [-0.39, 0.29) is 17.9 Å². The minimum absolute atomic E-state index is 0.00480. The van der Waals surface area contributed by atoms with Crippen molar-refractivity contribution >= 4 is 23.6 Å². The first-order valence-electron chi connectivity index (χ1n) is 11.2. The van der Waals surface area contributed by atoms with Crippen LogP contribution in [0.4, 0.5) is 10.5 Å². The second-order valence-corrected chi connectivity index (χ2v) is 7.89. The van der Waals surface area contributed by atoms with Crippen LogP contribution >= 0.6 is 0 Å². The molecule has 0 fully saturated rings. The summed E-state index contributed by atoms with van der Waals surface area (Å²) < 4.78 is 5.01. The molecule has 0 bridgehead atoms. The van der Waals surface area contributed by atoms with E-state index in [0.29, 0.717) is 29.1 Å². The Morgan fingerprint density at radius 1 is 1.23 bits per heavy atom. The molecule has 2 rings (SSSR count). The van der Waals surface area contributed by atoms with E-state index >= 15 is 0 Å². The van der Waals surface area contributed by atoms with Crippen LogP contribution in [0.5, 0.6) is 0 Å². The van der Waals surface area contributed by atoms with Gasteiger partial charge in [-0.2, -0.15) is 0 Å². The van der Waals surface area contributed by atoms with E-state index in [9.17, 15) is 14.4 Å². The van der Waals surface area contributed by atoms with Gasteiger partial charge in [0.1, 0.15) is 0 Å². The molecule has 3 amide bonds. The maximum absolute atomic E-state index is 12.7. The number of urea groups is 1. The molecule has 1 aromatic carbocycles. The van der Waals surface area contributed by atoms with Crippen molar-refractivity contribution in [2.24, 2.45) is 5.92 Å². The fraction of sp³-hybridized carbons (Fsp3) is 0.542. The number of carbonyl (C=O) groups is 3. The van der Waals surface area contributed by atoms with Crippen molar-refractivity contribution in [1.82, 2.24) is 10.2 Å². The average molecular weight is 430 g/mol. The Bertz CT molecular complexity index is 834. The summed E-state index contributed by atoms with van der Waals surface area (Å²) >= 11 is 0. The number of nitrogens with one attached hydrogen (secondary N) is 2. The molecule has 2 atom stereocenters. The first kappa shape index (κ1) is 24.4. The normalized spacial score (nSPS) is 17.3. The number of nitrogens with zero attached hydrogens (tertiary/aromatic N) is 1. The van der Waals surface area contributed by atoms with Gasteiger partial charge < -0.3 is 15.4 Å². The Hall–Kier alpha value is -2.83. The topological polar surface area (TPSA) is 87.7 Å². The molecule has 1 aliphatic rings. The largest absolute Gasteiger partial charge is 0.466 e. The molecule has 0 saturated heterocycles. The van der Waals surface area contributed by atoms with Crippen LogP contribution in [0.2, 0.25) is 0 Å². The van der Waals surface area contributed by atoms with Gasteiger partial charge in [-0.15, -0.1) is 0 Å². The van der Waals surface area contributed by atoms with Crippen molar-refractivity contribution in [3.05, 3.63) is 41.1 Å². The Kier molecular flexibility index (Phi) is 9.09. The molecule has 0 aromatic heterocycles. The van der Waals surface area contributed by atoms with Crippen LogP contribution in [0.25, 0.3) is 0 Å². The van der Waals surface area contributed by atoms with Crippen molar-refractivity contribution in [2.45, 2.75) is 65.8 Å². The van der Waals surface area contributed by atoms with E-state index in [0.717, 1.165) is 32.1 Å². The average Bonchev–Trinajstić information content (AvgIpc) is 2.76. The minimum Gasteiger partial charge on any atom is -0.466 e. The van der Waals surface area contributed by atoms with Gasteiger partial charge in [0.05, 0.1) is 18.7 Å². The molecule has 0 radical (unpaired) electrons. The fourth-order valence-corrected chi connectivity index (χ4v) is 3.91. The second kappa shape index (κ2) is 11.5. The number of hydrogen-bond donors (Lipinski definition) is 2. The molecular formula is C24H35N3O4. The minimum atomic E-state index is -0.646. The molecular weight excluding hydrogens is 394 g/mol. The highest BCUT2D eigenvalue weighted by Crippen LogP contribution is 2.32. The van der Waals surface area contributed by atoms with Gasteiger partial charge in [0, 0.05) is 23.8 Å². The third-order valence-corrected chi connectivity index (χ3v) is 5.71. The molecule has 1 aromatic rings. The Balaban J connectivity index is 2.34. The van der Waals surface area contributed by atoms with Crippen LogP contribution in [0.1, 0.15) is 71.4 Å². The van der Waals surface area contributed by atoms with Crippen molar-refractivity contribution < 1.29 is 19.1 Å². The van der Waals surface area contributed by atoms with Crippen molar-refractivity contribution in [3.63, 3.8) is 0 Å². The maximum atomic E-state index is 12.7. The van der Waals surface area contributed by atoms with Crippen LogP contribution < -0.4 is 10.6 Å². The molecule has 2 unspecified atom stereocenters. The predicted octanol–water partition coefficient (Wildman–Crippen LogP) is 4.76. The number of esters is 1. The van der Waals surface area contributed by atoms with Gasteiger partial charge in [0.2, 0.25) is 5.91 Å². The zero-order valence-corrected chi connectivity index (χ0v) is 19.3. The van der Waals surface area contributed by atoms with E-state index in [1.54, 1.807) is 17.9 Å². The summed E-state index contributed by atoms with van der Waals surface area (Å²) in [5.74, 6) is -0.521. The van der Waals surface area contributed by atoms with Gasteiger partial charge in [-0.05, 0) is 43.9 Å². The number of allylic oxidation sites excluding steroid dienone is 1. The molecule has 2 N–H and O–H groups in total. The standard InChI is InChI=1S/C24H35N3O4/c1-6-9-11-17(8-3)22(28)25-19-13-10-12-18(15-19)21-20(23(29)31-5)16(4)27(14-7-2)24(30)26-21/h10,12-13,15,17,21H,6-9,11,14H2,1-5H3,(H,25,28)(H,26,30). The fourth-order valence-electron chi connectivity index (χ4n) is 3.91. The van der Waals surface area contributed by atoms with E-state index in [1.807, 2.05) is 32.0 Å². The number of methoxy groups -OCH3 is 1. The molecule has 1 heterocycles. The lowest BCUT2D eigenvalue weighted by Gasteiger charge is -2.35. The van der Waals surface area contributed by atoms with Gasteiger partial charge >= 0.3 is 12.0 Å². The quantitative estimate of drug-likeness (QED) is 0.525. The Labute approximate surface area is 185 Å². The summed E-state index contributed by atoms with van der Waals surface area (Å²) in [6.07, 6.45) is 4.48. The summed E-state index contributed by atoms with van der Waals surface area (Å²) in [5.41, 5.74) is 2.34. The van der Waals surface area contributed by atoms with Crippen LogP contribution in [-0.4, -0.2) is 36.5 Å². The van der Waals surface area contributed by atoms with Crippen LogP contribution in [0.15, 0.2) is 35.5 Å². The third-order valence-electron chi connectivity index (χ3n) is 5.71. The van der Waals surface area contributed by atoms with Crippen LogP contribution in [0, 0.1) is 5.92 Å². The van der Waals surface area contributed by atoms with Crippen molar-refractivity contribution in [2.75, 3.05) is 19.0 Å². The van der Waals surface area contributed by atoms with Crippen molar-refractivity contribution in [3.8, 4) is 0 Å². The lowest BCUT2D eigenvalue weighted by Crippen LogP contribution is -2.48. The number of amides is 3. The van der Waals surface area contributed by atoms with E-state index in [4.69, 9.17) is 4.74 Å². The first-order valence-corrected chi connectivity index (χ1v) is 11.2. The van der Waals surface area contributed by atoms with E-state index in [1.165, 1.54) is 7.11 Å². The highest BCUT2D eigenvalue weighted by Gasteiger charge is 2.36. The van der Waals surface area contributed by atoms with Gasteiger partial charge in [0.25, 0.3) is 0 Å². The number of hydrogen-bond acceptors (Lipinski definition) is 4. The number of unbranched alkanes of at least 4 members (excludes halogenated alkanes) is 1. The summed E-state index contributed by atoms with van der Waals surface area (Å²) in [4.78, 5) is 39.5. The lowest BCUT2D eigenvalue weighted by molar-refractivity contribution is -0.136. The molecule has 7 heteroatoms. The number of ether oxygens (including phenoxy) is 1. The third kappa shape index (κ3) is 5.87. The maximum Gasteiger partial charge on any atom is 0.337 e. The number of rotatable bonds is 10. The summed E-state index contributed by atoms with van der Waals surface area (Å²) in [6.45, 7) is 8.38. The Morgan fingerprint density at radius 3 is 2.58 bits per heavy atom. The van der Waals surface area contributed by atoms with Gasteiger partial charge in [-0.3, -0.25) is 9.69 Å². The van der Waals surface area contributed by atoms with Gasteiger partial charge in [-0.1, -0.05) is 45.7 Å². The van der Waals surface area contributed by atoms with E-state index < -0.39 is 12.0 Å². The van der Waals surface area contributed by atoms with Crippen LogP contribution in [0.3, 0.4) is 0 Å². The predicted molar refractivity (Wildman–Crippen MR) is 121 cm³/mol. The van der Waals surface area contributed by atoms with Crippen molar-refractivity contribution in [1.29, 1.82) is 0 Å². The zero-order valence-electron chi connectivity index (χ0n) is 19.3. The summed E-state index contributed by atoms with van der Waals surface area (Å²) in [7, 11) is 1.33. The highest BCUT2D eigenvalue weighted by molar-refractivity contribution is 5.95. The molecule has 0 aliphatic carbocycles. The van der Waals surface area contributed by atoms with Crippen LogP contribution in [-0.2, 0) is 14.3 Å². The highest BCUT2D eigenvalue weighted by atomic mass is 16.5. The Morgan fingerprint density at radius 2 is 1.97 bits per heavy atom. The molecule has 0 saturated carbocycles. The summed E-state index contributed by atoms with van der Waals surface area (Å²) in [5, 5.41) is 5.92. The molecule has 7 nitrogen and oxygen atoms in total. The number of anilines is 1. The van der Waals surface area contributed by atoms with Gasteiger partial charge in [0.15, 0.2) is 0 Å². The van der Waals surface area contributed by atoms with E-state index in [2.05, 4.69) is 17.6 Å². The first-order chi connectivity index (χ1) is 14.9. The molecule has 170 valence electrons.